The van der Waals surface area contributed by atoms with Crippen LogP contribution in [0.5, 0.6) is 0 Å². The van der Waals surface area contributed by atoms with Gasteiger partial charge in [-0.1, -0.05) is 49.6 Å². The molecule has 0 aliphatic heterocycles. The Bertz CT molecular complexity index is 637. The van der Waals surface area contributed by atoms with E-state index in [0.717, 1.165) is 34.8 Å². The number of nitrogens with one attached hydrogen (secondary N) is 1. The summed E-state index contributed by atoms with van der Waals surface area (Å²) < 4.78 is 3.90. The maximum absolute atomic E-state index is 5.34. The first-order valence-electron chi connectivity index (χ1n) is 11.3. The topological polar surface area (TPSA) is 28.2 Å². The number of thiol groups is 1. The molecule has 0 heterocycles. The molecule has 0 aromatic heterocycles. The zero-order chi connectivity index (χ0) is 32.3. The molecule has 0 rings (SSSR count). The van der Waals surface area contributed by atoms with E-state index in [2.05, 4.69) is 142 Å². The van der Waals surface area contributed by atoms with Gasteiger partial charge in [0.25, 0.3) is 0 Å². The van der Waals surface area contributed by atoms with Gasteiger partial charge in [0.1, 0.15) is 13.0 Å². The van der Waals surface area contributed by atoms with Crippen LogP contribution in [0.4, 0.5) is 0 Å². The number of rotatable bonds is 4. The van der Waals surface area contributed by atoms with Crippen molar-refractivity contribution in [3.63, 3.8) is 0 Å². The van der Waals surface area contributed by atoms with Crippen LogP contribution in [0, 0.1) is 0 Å². The van der Waals surface area contributed by atoms with Crippen LogP contribution in [-0.2, 0) is 55.0 Å². The van der Waals surface area contributed by atoms with Gasteiger partial charge in [0.2, 0.25) is 0 Å². The van der Waals surface area contributed by atoms with Crippen molar-refractivity contribution in [1.82, 2.24) is 29.8 Å². The van der Waals surface area contributed by atoms with E-state index >= 15 is 0 Å². The molecule has 0 unspecified atom stereocenters. The summed E-state index contributed by atoms with van der Waals surface area (Å²) in [6.45, 7) is 12.3. The summed E-state index contributed by atoms with van der Waals surface area (Å²) in [5.41, 5.74) is 0. The minimum atomic E-state index is 0. The number of hydrogen-bond acceptors (Lipinski definition) is 11. The quantitative estimate of drug-likeness (QED) is 0.128. The molecule has 1 radical (unpaired) electrons. The van der Waals surface area contributed by atoms with Crippen molar-refractivity contribution in [2.45, 2.75) is 27.7 Å². The molecule has 0 bridgehead atoms. The Morgan fingerprint density at radius 1 is 0.600 bits per heavy atom. The van der Waals surface area contributed by atoms with Gasteiger partial charge >= 0.3 is 17.1 Å². The van der Waals surface area contributed by atoms with Crippen molar-refractivity contribution in [2.24, 2.45) is 0 Å². The van der Waals surface area contributed by atoms with E-state index in [1.165, 1.54) is 0 Å². The second-order valence-corrected chi connectivity index (χ2v) is 14.7. The first kappa shape index (κ1) is 54.1. The van der Waals surface area contributed by atoms with Crippen LogP contribution in [-0.4, -0.2) is 126 Å². The zero-order valence-corrected chi connectivity index (χ0v) is 35.8. The average Bonchev–Trinajstić information content (AvgIpc) is 2.85. The second kappa shape index (κ2) is 36.8. The van der Waals surface area contributed by atoms with E-state index in [9.17, 15) is 0 Å². The Morgan fingerprint density at radius 3 is 0.825 bits per heavy atom. The molecule has 0 aromatic carbocycles. The standard InChI is InChI=1S/C10H20N2S4.3C3H7NS2.C2H5NS2.Fe/c1-5-11(6-2)9(13)15-16-10(14)12(7-3)8-4;3*1-4(2)3(5)6;1-3-2(4)5;/h5-8H2,1-4H3;3*1-2H3,(H,5,6);1H3,(H2,3,4,5);/q;;;;;+3/p-3. The fraction of sp³-hybridized carbons (Fsp3) is 0.714. The summed E-state index contributed by atoms with van der Waals surface area (Å²) in [6.07, 6.45) is 0. The third kappa shape index (κ3) is 44.0. The predicted molar refractivity (Wildman–Crippen MR) is 218 cm³/mol. The molecule has 40 heavy (non-hydrogen) atoms. The summed E-state index contributed by atoms with van der Waals surface area (Å²) >= 11 is 46.2. The van der Waals surface area contributed by atoms with Crippen molar-refractivity contribution in [1.29, 1.82) is 0 Å². The van der Waals surface area contributed by atoms with Gasteiger partial charge in [0.15, 0.2) is 0 Å². The maximum Gasteiger partial charge on any atom is 3.00 e. The molecular formula is C21H43FeN6S12. The molecule has 237 valence electrons. The van der Waals surface area contributed by atoms with E-state index in [1.54, 1.807) is 43.3 Å². The Balaban J connectivity index is -0.000000100. The van der Waals surface area contributed by atoms with Crippen LogP contribution in [0.1, 0.15) is 27.7 Å². The molecule has 1 N–H and O–H groups in total. The summed E-state index contributed by atoms with van der Waals surface area (Å²) in [4.78, 5) is 9.47. The van der Waals surface area contributed by atoms with Gasteiger partial charge in [-0.25, -0.2) is 0 Å². The molecular weight excluding hydrogens is 777 g/mol. The van der Waals surface area contributed by atoms with Gasteiger partial charge in [-0.05, 0) is 49.3 Å². The van der Waals surface area contributed by atoms with E-state index in [4.69, 9.17) is 24.4 Å². The molecule has 0 amide bonds. The Labute approximate surface area is 317 Å². The van der Waals surface area contributed by atoms with Gasteiger partial charge < -0.3 is 104 Å². The molecule has 0 aliphatic carbocycles. The van der Waals surface area contributed by atoms with Crippen molar-refractivity contribution >= 4 is 171 Å². The third-order valence-electron chi connectivity index (χ3n) is 3.54. The van der Waals surface area contributed by atoms with Crippen molar-refractivity contribution < 1.29 is 17.1 Å². The minimum absolute atomic E-state index is 0. The predicted octanol–water partition coefficient (Wildman–Crippen LogP) is 5.18. The smallest absolute Gasteiger partial charge is 0.411 e. The molecule has 0 aromatic rings. The third-order valence-corrected chi connectivity index (χ3v) is 9.89. The van der Waals surface area contributed by atoms with Crippen LogP contribution in [0.2, 0.25) is 0 Å². The molecule has 6 nitrogen and oxygen atoms in total. The van der Waals surface area contributed by atoms with Gasteiger partial charge in [-0.15, -0.1) is 12.6 Å². The maximum atomic E-state index is 5.34. The van der Waals surface area contributed by atoms with Crippen molar-refractivity contribution in [3.05, 3.63) is 0 Å². The van der Waals surface area contributed by atoms with Crippen molar-refractivity contribution in [2.75, 3.05) is 75.5 Å². The molecule has 19 heteroatoms. The van der Waals surface area contributed by atoms with E-state index < -0.39 is 0 Å². The van der Waals surface area contributed by atoms with Crippen LogP contribution < -0.4 is 5.32 Å². The summed E-state index contributed by atoms with van der Waals surface area (Å²) in [5.74, 6) is 0. The average molecular weight is 820 g/mol. The second-order valence-electron chi connectivity index (χ2n) is 7.08. The first-order chi connectivity index (χ1) is 17.8. The molecule has 0 saturated heterocycles. The van der Waals surface area contributed by atoms with E-state index in [1.807, 2.05) is 42.3 Å². The van der Waals surface area contributed by atoms with Gasteiger partial charge in [0.05, 0.1) is 0 Å². The normalized spacial score (nSPS) is 8.30. The van der Waals surface area contributed by atoms with Gasteiger partial charge in [-0.3, -0.25) is 0 Å². The van der Waals surface area contributed by atoms with Gasteiger partial charge in [-0.2, -0.15) is 0 Å². The molecule has 0 atom stereocenters. The molecule has 0 aliphatic rings. The van der Waals surface area contributed by atoms with Crippen LogP contribution >= 0.6 is 108 Å². The molecule has 0 saturated carbocycles. The minimum Gasteiger partial charge on any atom is -0.411 e. The largest absolute Gasteiger partial charge is 3.00 e. The summed E-state index contributed by atoms with van der Waals surface area (Å²) in [6, 6.07) is 0. The first-order valence-corrected chi connectivity index (χ1v) is 17.6. The Morgan fingerprint density at radius 2 is 0.750 bits per heavy atom. The zero-order valence-electron chi connectivity index (χ0n) is 24.9. The Hall–Kier alpha value is 1.57. The number of hydrogen-bond donors (Lipinski definition) is 2. The van der Waals surface area contributed by atoms with E-state index in [0.29, 0.717) is 17.3 Å². The monoisotopic (exact) mass is 819 g/mol. The fourth-order valence-corrected chi connectivity index (χ4v) is 4.20. The summed E-state index contributed by atoms with van der Waals surface area (Å²) in [5, 5.41) is 2.62. The SMILES string of the molecule is CCN(CC)C(=S)SSC(=S)N(CC)CC.CN(C)C(=S)[S-].CN(C)C(=S)[S-].CN(C)C(=S)[S-].CNC(=S)S.[Fe+3]. The van der Waals surface area contributed by atoms with Crippen LogP contribution in [0.3, 0.4) is 0 Å². The summed E-state index contributed by atoms with van der Waals surface area (Å²) in [7, 11) is 15.9. The van der Waals surface area contributed by atoms with Crippen LogP contribution in [0.15, 0.2) is 0 Å². The molecule has 0 spiro atoms. The number of thiocarbonyl (C=S) groups is 6. The fourth-order valence-electron chi connectivity index (χ4n) is 1.14. The molecule has 0 fully saturated rings. The van der Waals surface area contributed by atoms with Crippen LogP contribution in [0.25, 0.3) is 0 Å². The van der Waals surface area contributed by atoms with E-state index in [-0.39, 0.29) is 17.1 Å². The Kier molecular flexibility index (Phi) is 49.7. The number of nitrogens with zero attached hydrogens (tertiary/aromatic N) is 5. The van der Waals surface area contributed by atoms with Gasteiger partial charge in [0, 0.05) is 75.5 Å². The van der Waals surface area contributed by atoms with Crippen molar-refractivity contribution in [3.8, 4) is 0 Å².